The maximum absolute atomic E-state index is 5.98. The lowest BCUT2D eigenvalue weighted by atomic mass is 9.91. The second kappa shape index (κ2) is 3.75. The number of hydrogen-bond acceptors (Lipinski definition) is 2. The van der Waals surface area contributed by atoms with E-state index < -0.39 is 5.72 Å². The summed E-state index contributed by atoms with van der Waals surface area (Å²) in [6, 6.07) is 6.28. The van der Waals surface area contributed by atoms with E-state index in [1.54, 1.807) is 0 Å². The first-order valence-electron chi connectivity index (χ1n) is 5.56. The van der Waals surface area contributed by atoms with E-state index in [1.165, 1.54) is 0 Å². The number of rotatable bonds is 1. The van der Waals surface area contributed by atoms with Gasteiger partial charge in [0.2, 0.25) is 0 Å². The highest BCUT2D eigenvalue weighted by atomic mass is 35.5. The van der Waals surface area contributed by atoms with Gasteiger partial charge in [0.25, 0.3) is 0 Å². The molecule has 90 valence electrons. The van der Waals surface area contributed by atoms with Crippen LogP contribution in [0.1, 0.15) is 30.5 Å². The normalized spacial score (nSPS) is 29.8. The average Bonchev–Trinajstić information content (AvgIpc) is 2.27. The zero-order valence-electron chi connectivity index (χ0n) is 9.42. The maximum Gasteiger partial charge on any atom is 0.181 e. The summed E-state index contributed by atoms with van der Waals surface area (Å²) in [6.07, 6.45) is 0.853. The van der Waals surface area contributed by atoms with Gasteiger partial charge < -0.3 is 15.4 Å². The van der Waals surface area contributed by atoms with Gasteiger partial charge in [-0.15, -0.1) is 11.6 Å². The number of ether oxygens (including phenoxy) is 1. The Kier molecular flexibility index (Phi) is 2.45. The Bertz CT molecular complexity index is 493. The Morgan fingerprint density at radius 2 is 2.41 bits per heavy atom. The van der Waals surface area contributed by atoms with Crippen LogP contribution in [0.4, 0.5) is 0 Å². The van der Waals surface area contributed by atoms with Crippen LogP contribution in [0.5, 0.6) is 5.75 Å². The van der Waals surface area contributed by atoms with E-state index in [0.29, 0.717) is 11.0 Å². The Morgan fingerprint density at radius 3 is 3.18 bits per heavy atom. The summed E-state index contributed by atoms with van der Waals surface area (Å²) in [5.41, 5.74) is 1.84. The molecule has 3 rings (SSSR count). The molecule has 1 aromatic carbocycles. The molecule has 2 aliphatic heterocycles. The molecule has 2 aliphatic rings. The molecule has 0 spiro atoms. The van der Waals surface area contributed by atoms with Crippen molar-refractivity contribution in [2.75, 3.05) is 0 Å². The van der Waals surface area contributed by atoms with Gasteiger partial charge in [-0.3, -0.25) is 0 Å². The fraction of sp³-hybridized carbons (Fsp3) is 0.417. The van der Waals surface area contributed by atoms with Crippen LogP contribution in [0.15, 0.2) is 18.2 Å². The molecular weight excluding hydrogens is 256 g/mol. The lowest BCUT2D eigenvalue weighted by Crippen LogP contribution is -2.62. The molecule has 0 aliphatic carbocycles. The van der Waals surface area contributed by atoms with E-state index in [4.69, 9.17) is 28.6 Å². The molecule has 0 aromatic heterocycles. The van der Waals surface area contributed by atoms with Gasteiger partial charge in [-0.05, 0) is 36.8 Å². The lowest BCUT2D eigenvalue weighted by Gasteiger charge is -2.45. The molecule has 2 unspecified atom stereocenters. The summed E-state index contributed by atoms with van der Waals surface area (Å²) in [5.74, 6) is 1.42. The van der Waals surface area contributed by atoms with Crippen LogP contribution in [0, 0.1) is 0 Å². The number of benzene rings is 1. The van der Waals surface area contributed by atoms with Gasteiger partial charge in [-0.2, -0.15) is 0 Å². The molecule has 17 heavy (non-hydrogen) atoms. The summed E-state index contributed by atoms with van der Waals surface area (Å²) in [4.78, 5) is 0. The van der Waals surface area contributed by atoms with Gasteiger partial charge in [0.15, 0.2) is 10.8 Å². The van der Waals surface area contributed by atoms with E-state index in [2.05, 4.69) is 16.7 Å². The van der Waals surface area contributed by atoms with Crippen molar-refractivity contribution < 1.29 is 4.74 Å². The average molecular weight is 269 g/mol. The van der Waals surface area contributed by atoms with E-state index >= 15 is 0 Å². The predicted octanol–water partition coefficient (Wildman–Crippen LogP) is 2.44. The van der Waals surface area contributed by atoms with Crippen molar-refractivity contribution in [2.45, 2.75) is 31.0 Å². The van der Waals surface area contributed by atoms with Crippen molar-refractivity contribution in [1.29, 1.82) is 0 Å². The fourth-order valence-corrected chi connectivity index (χ4v) is 2.99. The van der Waals surface area contributed by atoms with Crippen LogP contribution in [-0.2, 0) is 5.88 Å². The first-order chi connectivity index (χ1) is 8.09. The van der Waals surface area contributed by atoms with Crippen LogP contribution >= 0.6 is 23.8 Å². The molecule has 2 heterocycles. The fourth-order valence-electron chi connectivity index (χ4n) is 2.47. The first kappa shape index (κ1) is 11.1. The summed E-state index contributed by atoms with van der Waals surface area (Å²) in [5, 5.41) is 7.09. The quantitative estimate of drug-likeness (QED) is 0.606. The van der Waals surface area contributed by atoms with Crippen LogP contribution < -0.4 is 15.4 Å². The van der Waals surface area contributed by atoms with E-state index in [-0.39, 0.29) is 6.04 Å². The number of nitrogens with one attached hydrogen (secondary N) is 2. The van der Waals surface area contributed by atoms with Crippen LogP contribution in [0.2, 0.25) is 0 Å². The topological polar surface area (TPSA) is 33.3 Å². The van der Waals surface area contributed by atoms with Gasteiger partial charge >= 0.3 is 0 Å². The second-order valence-corrected chi connectivity index (χ2v) is 5.37. The van der Waals surface area contributed by atoms with Crippen molar-refractivity contribution in [3.63, 3.8) is 0 Å². The number of fused-ring (bicyclic) bond motifs is 4. The molecule has 1 fully saturated rings. The first-order valence-corrected chi connectivity index (χ1v) is 6.50. The number of alkyl halides is 1. The Balaban J connectivity index is 2.07. The summed E-state index contributed by atoms with van der Waals surface area (Å²) < 4.78 is 5.98. The van der Waals surface area contributed by atoms with Crippen LogP contribution in [0.3, 0.4) is 0 Å². The maximum atomic E-state index is 5.98. The number of halogens is 1. The van der Waals surface area contributed by atoms with Gasteiger partial charge in [0.05, 0.1) is 6.04 Å². The third-order valence-corrected chi connectivity index (χ3v) is 3.74. The smallest absolute Gasteiger partial charge is 0.181 e. The molecule has 3 nitrogen and oxygen atoms in total. The molecule has 2 N–H and O–H groups in total. The van der Waals surface area contributed by atoms with Crippen LogP contribution in [-0.4, -0.2) is 10.8 Å². The molecule has 2 atom stereocenters. The second-order valence-electron chi connectivity index (χ2n) is 4.69. The summed E-state index contributed by atoms with van der Waals surface area (Å²) in [6.45, 7) is 2.02. The Labute approximate surface area is 110 Å². The highest BCUT2D eigenvalue weighted by Gasteiger charge is 2.41. The third-order valence-electron chi connectivity index (χ3n) is 3.22. The standard InChI is InChI=1S/C12H13ClN2OS/c1-12-5-9(14-11(17)15-12)8-4-7(6-13)2-3-10(8)16-12/h2-4,9H,5-6H2,1H3,(H2,14,15,17). The summed E-state index contributed by atoms with van der Waals surface area (Å²) in [7, 11) is 0. The van der Waals surface area contributed by atoms with E-state index in [0.717, 1.165) is 23.3 Å². The monoisotopic (exact) mass is 268 g/mol. The molecule has 5 heteroatoms. The van der Waals surface area contributed by atoms with Crippen molar-refractivity contribution in [3.8, 4) is 5.75 Å². The number of thiocarbonyl (C=S) groups is 1. The molecule has 0 amide bonds. The van der Waals surface area contributed by atoms with Gasteiger partial charge in [0, 0.05) is 17.9 Å². The minimum Gasteiger partial charge on any atom is -0.468 e. The van der Waals surface area contributed by atoms with E-state index in [1.807, 2.05) is 19.1 Å². The minimum absolute atomic E-state index is 0.209. The molecule has 1 saturated heterocycles. The highest BCUT2D eigenvalue weighted by Crippen LogP contribution is 2.40. The van der Waals surface area contributed by atoms with Gasteiger partial charge in [-0.25, -0.2) is 0 Å². The van der Waals surface area contributed by atoms with Crippen molar-refractivity contribution >= 4 is 28.9 Å². The molecular formula is C12H13ClN2OS. The molecule has 0 saturated carbocycles. The summed E-state index contributed by atoms with van der Waals surface area (Å²) >= 11 is 11.1. The largest absolute Gasteiger partial charge is 0.468 e. The molecule has 0 radical (unpaired) electrons. The zero-order valence-corrected chi connectivity index (χ0v) is 11.0. The zero-order chi connectivity index (χ0) is 12.0. The predicted molar refractivity (Wildman–Crippen MR) is 71.3 cm³/mol. The van der Waals surface area contributed by atoms with Crippen molar-refractivity contribution in [1.82, 2.24) is 10.6 Å². The van der Waals surface area contributed by atoms with E-state index in [9.17, 15) is 0 Å². The van der Waals surface area contributed by atoms with Crippen LogP contribution in [0.25, 0.3) is 0 Å². The highest BCUT2D eigenvalue weighted by molar-refractivity contribution is 7.80. The Morgan fingerprint density at radius 1 is 1.59 bits per heavy atom. The number of hydrogen-bond donors (Lipinski definition) is 2. The SMILES string of the molecule is CC12CC(NC(=S)N1)c1cc(CCl)ccc1O2. The van der Waals surface area contributed by atoms with Crippen molar-refractivity contribution in [3.05, 3.63) is 29.3 Å². The van der Waals surface area contributed by atoms with Crippen molar-refractivity contribution in [2.24, 2.45) is 0 Å². The Hall–Kier alpha value is -1.00. The van der Waals surface area contributed by atoms with Gasteiger partial charge in [-0.1, -0.05) is 6.07 Å². The van der Waals surface area contributed by atoms with Gasteiger partial charge in [0.1, 0.15) is 5.75 Å². The minimum atomic E-state index is -0.400. The molecule has 1 aromatic rings. The molecule has 2 bridgehead atoms. The third kappa shape index (κ3) is 1.85. The lowest BCUT2D eigenvalue weighted by molar-refractivity contribution is 0.0250.